The number of aliphatic hydroxyl groups is 1. The SMILES string of the molecule is NOc1ccc(C(=O)NCC#Cc2cn([C@H]3C[C@H](O)[C@@H](COP(=O)(O)OP(=O)(O)OP(=O)(O)O)O3)c(=O)nc2N)cn1. The molecule has 0 bridgehead atoms. The number of nitrogen functional groups attached to an aromatic ring is 1. The Kier molecular flexibility index (Phi) is 10.8. The molecule has 230 valence electrons. The summed E-state index contributed by atoms with van der Waals surface area (Å²) in [7, 11) is -16.8. The average molecular weight is 656 g/mol. The second kappa shape index (κ2) is 13.5. The molecular weight excluding hydrogens is 633 g/mol. The maximum absolute atomic E-state index is 12.4. The van der Waals surface area contributed by atoms with Crippen LogP contribution in [0.15, 0.2) is 29.3 Å². The Morgan fingerprint density at radius 1 is 1.19 bits per heavy atom. The number of phosphoric ester groups is 1. The number of nitrogens with two attached hydrogens (primary N) is 2. The Labute approximate surface area is 234 Å². The molecular formula is C18H23N6O15P3. The van der Waals surface area contributed by atoms with Crippen molar-refractivity contribution in [2.24, 2.45) is 5.90 Å². The molecule has 1 fully saturated rings. The van der Waals surface area contributed by atoms with Gasteiger partial charge in [0.15, 0.2) is 0 Å². The number of carbonyl (C=O) groups is 1. The van der Waals surface area contributed by atoms with Gasteiger partial charge in [0.25, 0.3) is 5.91 Å². The first-order valence-corrected chi connectivity index (χ1v) is 15.6. The van der Waals surface area contributed by atoms with Crippen LogP contribution >= 0.6 is 23.5 Å². The van der Waals surface area contributed by atoms with Crippen molar-refractivity contribution in [3.63, 3.8) is 0 Å². The summed E-state index contributed by atoms with van der Waals surface area (Å²) < 4.78 is 52.1. The van der Waals surface area contributed by atoms with E-state index in [1.165, 1.54) is 18.3 Å². The largest absolute Gasteiger partial charge is 0.490 e. The van der Waals surface area contributed by atoms with Crippen molar-refractivity contribution in [3.8, 4) is 17.7 Å². The van der Waals surface area contributed by atoms with Gasteiger partial charge >= 0.3 is 29.2 Å². The summed E-state index contributed by atoms with van der Waals surface area (Å²) in [6.45, 7) is -1.09. The molecule has 1 aliphatic heterocycles. The van der Waals surface area contributed by atoms with Crippen LogP contribution in [0, 0.1) is 11.8 Å². The number of pyridine rings is 1. The molecule has 0 aliphatic carbocycles. The summed E-state index contributed by atoms with van der Waals surface area (Å²) in [4.78, 5) is 72.3. The van der Waals surface area contributed by atoms with E-state index in [1.807, 2.05) is 0 Å². The number of nitrogens with zero attached hydrogens (tertiary/aromatic N) is 3. The van der Waals surface area contributed by atoms with Gasteiger partial charge in [-0.2, -0.15) is 19.5 Å². The second-order valence-corrected chi connectivity index (χ2v) is 12.5. The van der Waals surface area contributed by atoms with E-state index in [0.29, 0.717) is 0 Å². The number of aromatic nitrogens is 3. The highest BCUT2D eigenvalue weighted by molar-refractivity contribution is 7.66. The van der Waals surface area contributed by atoms with E-state index < -0.39 is 60.1 Å². The van der Waals surface area contributed by atoms with Gasteiger partial charge < -0.3 is 45.3 Å². The van der Waals surface area contributed by atoms with Crippen LogP contribution in [-0.2, 0) is 31.6 Å². The Morgan fingerprint density at radius 2 is 1.90 bits per heavy atom. The van der Waals surface area contributed by atoms with Gasteiger partial charge in [0.2, 0.25) is 5.88 Å². The van der Waals surface area contributed by atoms with Crippen molar-refractivity contribution >= 4 is 35.2 Å². The maximum atomic E-state index is 12.4. The number of aliphatic hydroxyl groups excluding tert-OH is 1. The third kappa shape index (κ3) is 9.76. The molecule has 3 rings (SSSR count). The lowest BCUT2D eigenvalue weighted by Crippen LogP contribution is -2.29. The van der Waals surface area contributed by atoms with Gasteiger partial charge in [-0.25, -0.2) is 23.5 Å². The first-order valence-electron chi connectivity index (χ1n) is 11.1. The van der Waals surface area contributed by atoms with Crippen LogP contribution in [0.4, 0.5) is 5.82 Å². The highest BCUT2D eigenvalue weighted by Gasteiger charge is 2.43. The molecule has 2 aromatic heterocycles. The van der Waals surface area contributed by atoms with Gasteiger partial charge in [-0.05, 0) is 6.07 Å². The minimum atomic E-state index is -5.74. The Hall–Kier alpha value is -3.05. The molecule has 2 unspecified atom stereocenters. The number of ether oxygens (including phenoxy) is 1. The second-order valence-electron chi connectivity index (χ2n) is 8.04. The molecule has 0 aromatic carbocycles. The molecule has 24 heteroatoms. The van der Waals surface area contributed by atoms with Crippen molar-refractivity contribution in [1.29, 1.82) is 0 Å². The molecule has 0 spiro atoms. The molecule has 0 saturated carbocycles. The fourth-order valence-electron chi connectivity index (χ4n) is 3.24. The van der Waals surface area contributed by atoms with Crippen molar-refractivity contribution in [1.82, 2.24) is 19.9 Å². The Bertz CT molecular complexity index is 1570. The zero-order valence-electron chi connectivity index (χ0n) is 20.8. The third-order valence-electron chi connectivity index (χ3n) is 4.99. The number of carbonyl (C=O) groups excluding carboxylic acids is 1. The predicted octanol–water partition coefficient (Wildman–Crippen LogP) is -1.75. The molecule has 10 N–H and O–H groups in total. The van der Waals surface area contributed by atoms with Gasteiger partial charge in [0.1, 0.15) is 18.1 Å². The van der Waals surface area contributed by atoms with E-state index in [-0.39, 0.29) is 35.8 Å². The summed E-state index contributed by atoms with van der Waals surface area (Å²) in [6.07, 6.45) is -1.87. The summed E-state index contributed by atoms with van der Waals surface area (Å²) in [6, 6.07) is 2.80. The molecule has 5 atom stereocenters. The van der Waals surface area contributed by atoms with Gasteiger partial charge in [-0.1, -0.05) is 11.8 Å². The fourth-order valence-corrected chi connectivity index (χ4v) is 6.27. The van der Waals surface area contributed by atoms with E-state index in [0.717, 1.165) is 10.8 Å². The topological polar surface area (TPSA) is 327 Å². The van der Waals surface area contributed by atoms with Crippen LogP contribution in [0.3, 0.4) is 0 Å². The van der Waals surface area contributed by atoms with Crippen LogP contribution < -0.4 is 27.5 Å². The predicted molar refractivity (Wildman–Crippen MR) is 136 cm³/mol. The number of hydrogen-bond donors (Lipinski definition) is 8. The van der Waals surface area contributed by atoms with E-state index >= 15 is 0 Å². The number of phosphoric acid groups is 3. The number of hydrogen-bond acceptors (Lipinski definition) is 15. The number of anilines is 1. The summed E-state index contributed by atoms with van der Waals surface area (Å²) in [5.74, 6) is 9.56. The van der Waals surface area contributed by atoms with Gasteiger partial charge in [0.05, 0.1) is 30.4 Å². The monoisotopic (exact) mass is 656 g/mol. The quantitative estimate of drug-likeness (QED) is 0.0754. The van der Waals surface area contributed by atoms with E-state index in [1.54, 1.807) is 0 Å². The molecule has 21 nitrogen and oxygen atoms in total. The first kappa shape index (κ1) is 33.5. The van der Waals surface area contributed by atoms with Gasteiger partial charge in [-0.15, -0.1) is 0 Å². The summed E-state index contributed by atoms with van der Waals surface area (Å²) in [5, 5.41) is 12.8. The van der Waals surface area contributed by atoms with Crippen LogP contribution in [0.2, 0.25) is 0 Å². The van der Waals surface area contributed by atoms with Crippen molar-refractivity contribution in [3.05, 3.63) is 46.1 Å². The highest BCUT2D eigenvalue weighted by atomic mass is 31.3. The smallest absolute Gasteiger partial charge is 0.391 e. The molecule has 3 heterocycles. The lowest BCUT2D eigenvalue weighted by molar-refractivity contribution is -0.0449. The maximum Gasteiger partial charge on any atom is 0.490 e. The minimum absolute atomic E-state index is 0.0461. The normalized spacial score (nSPS) is 21.4. The van der Waals surface area contributed by atoms with Crippen molar-refractivity contribution < 1.29 is 65.9 Å². The van der Waals surface area contributed by atoms with Crippen LogP contribution in [0.5, 0.6) is 5.88 Å². The van der Waals surface area contributed by atoms with E-state index in [4.69, 9.17) is 26.2 Å². The lowest BCUT2D eigenvalue weighted by Gasteiger charge is -2.19. The average Bonchev–Trinajstić information content (AvgIpc) is 3.24. The molecule has 2 aromatic rings. The Morgan fingerprint density at radius 3 is 2.52 bits per heavy atom. The van der Waals surface area contributed by atoms with Crippen molar-refractivity contribution in [2.45, 2.75) is 24.9 Å². The van der Waals surface area contributed by atoms with E-state index in [9.17, 15) is 38.2 Å². The Balaban J connectivity index is 1.62. The molecule has 1 amide bonds. The lowest BCUT2D eigenvalue weighted by atomic mass is 10.2. The zero-order valence-corrected chi connectivity index (χ0v) is 23.5. The van der Waals surface area contributed by atoms with Crippen molar-refractivity contribution in [2.75, 3.05) is 18.9 Å². The van der Waals surface area contributed by atoms with Crippen LogP contribution in [-0.4, -0.2) is 70.5 Å². The molecule has 1 aliphatic rings. The molecule has 42 heavy (non-hydrogen) atoms. The summed E-state index contributed by atoms with van der Waals surface area (Å²) >= 11 is 0. The van der Waals surface area contributed by atoms with Crippen LogP contribution in [0.25, 0.3) is 0 Å². The zero-order chi connectivity index (χ0) is 31.3. The molecule has 1 saturated heterocycles. The summed E-state index contributed by atoms with van der Waals surface area (Å²) in [5.41, 5.74) is 5.10. The van der Waals surface area contributed by atoms with Gasteiger partial charge in [-0.3, -0.25) is 13.9 Å². The number of nitrogens with one attached hydrogen (secondary N) is 1. The van der Waals surface area contributed by atoms with Crippen LogP contribution in [0.1, 0.15) is 28.6 Å². The third-order valence-corrected chi connectivity index (χ3v) is 8.80. The minimum Gasteiger partial charge on any atom is -0.391 e. The highest BCUT2D eigenvalue weighted by Crippen LogP contribution is 2.66. The number of amides is 1. The standard InChI is InChI=1S/C18H23N6O15P3/c19-16-11(2-1-5-21-17(26)10-3-4-14(37-20)22-7-10)8-24(18(27)23-16)15-6-12(25)13(36-15)9-35-41(31,32)39-42(33,34)38-40(28,29)30/h3-4,7-8,12-13,15,25H,5-6,9,20H2,(H,21,26)(H,31,32)(H,33,34)(H2,19,23,27)(H2,28,29,30)/t12-,13+,15+/m0/s1. The molecule has 0 radical (unpaired) electrons. The fraction of sp³-hybridized carbons (Fsp3) is 0.333. The van der Waals surface area contributed by atoms with E-state index in [2.05, 4.69) is 45.1 Å². The number of rotatable bonds is 11. The van der Waals surface area contributed by atoms with Gasteiger partial charge in [0, 0.05) is 24.9 Å². The first-order chi connectivity index (χ1) is 19.5.